The van der Waals surface area contributed by atoms with E-state index >= 15 is 0 Å². The van der Waals surface area contributed by atoms with Crippen LogP contribution in [0.1, 0.15) is 40.2 Å². The molecule has 4 heteroatoms. The number of halogens is 1. The van der Waals surface area contributed by atoms with Gasteiger partial charge >= 0.3 is 7.12 Å². The van der Waals surface area contributed by atoms with Gasteiger partial charge in [-0.2, -0.15) is 0 Å². The summed E-state index contributed by atoms with van der Waals surface area (Å²) in [5, 5.41) is 0. The molecule has 1 aromatic rings. The van der Waals surface area contributed by atoms with Crippen LogP contribution in [0.25, 0.3) is 0 Å². The van der Waals surface area contributed by atoms with Crippen molar-refractivity contribution in [3.05, 3.63) is 29.6 Å². The Morgan fingerprint density at radius 2 is 1.67 bits per heavy atom. The molecule has 1 fully saturated rings. The van der Waals surface area contributed by atoms with Gasteiger partial charge in [0.05, 0.1) is 11.2 Å². The van der Waals surface area contributed by atoms with Gasteiger partial charge in [0.25, 0.3) is 0 Å². The summed E-state index contributed by atoms with van der Waals surface area (Å²) >= 11 is 0. The van der Waals surface area contributed by atoms with E-state index in [1.165, 1.54) is 12.1 Å². The van der Waals surface area contributed by atoms with Crippen LogP contribution in [0.5, 0.6) is 0 Å². The first-order chi connectivity index (χ1) is 8.27. The minimum Gasteiger partial charge on any atom is -0.399 e. The highest BCUT2D eigenvalue weighted by molar-refractivity contribution is 6.62. The van der Waals surface area contributed by atoms with Crippen LogP contribution in [0.2, 0.25) is 0 Å². The van der Waals surface area contributed by atoms with E-state index in [1.54, 1.807) is 6.07 Å². The number of benzene rings is 1. The van der Waals surface area contributed by atoms with Crippen LogP contribution in [-0.4, -0.2) is 18.3 Å². The molecule has 1 aliphatic heterocycles. The lowest BCUT2D eigenvalue weighted by Crippen LogP contribution is -2.41. The molecular formula is C14H20BFO2. The summed E-state index contributed by atoms with van der Waals surface area (Å²) in [6.07, 6.45) is 0.833. The van der Waals surface area contributed by atoms with Crippen molar-refractivity contribution < 1.29 is 13.7 Å². The Balaban J connectivity index is 2.37. The summed E-state index contributed by atoms with van der Waals surface area (Å²) in [5.74, 6) is -0.253. The van der Waals surface area contributed by atoms with Gasteiger partial charge in [-0.05, 0) is 57.3 Å². The van der Waals surface area contributed by atoms with Gasteiger partial charge in [0.1, 0.15) is 5.82 Å². The topological polar surface area (TPSA) is 18.5 Å². The first kappa shape index (κ1) is 13.6. The van der Waals surface area contributed by atoms with Crippen molar-refractivity contribution >= 4 is 12.6 Å². The first-order valence-corrected chi connectivity index (χ1v) is 6.41. The molecule has 1 aliphatic rings. The maximum Gasteiger partial charge on any atom is 0.495 e. The zero-order chi connectivity index (χ0) is 13.6. The molecule has 1 aromatic carbocycles. The van der Waals surface area contributed by atoms with Crippen molar-refractivity contribution in [3.63, 3.8) is 0 Å². The summed E-state index contributed by atoms with van der Waals surface area (Å²) in [6.45, 7) is 10.0. The van der Waals surface area contributed by atoms with E-state index in [2.05, 4.69) is 0 Å². The Bertz CT molecular complexity index is 441. The number of aryl methyl sites for hydroxylation is 1. The molecule has 0 N–H and O–H groups in total. The molecular weight excluding hydrogens is 230 g/mol. The third kappa shape index (κ3) is 2.19. The Labute approximate surface area is 109 Å². The summed E-state index contributed by atoms with van der Waals surface area (Å²) in [4.78, 5) is 0. The van der Waals surface area contributed by atoms with Crippen molar-refractivity contribution in [1.29, 1.82) is 0 Å². The molecule has 0 atom stereocenters. The lowest BCUT2D eigenvalue weighted by molar-refractivity contribution is 0.00578. The Hall–Kier alpha value is -0.865. The lowest BCUT2D eigenvalue weighted by atomic mass is 9.75. The maximum atomic E-state index is 13.4. The predicted octanol–water partition coefficient (Wildman–Crippen LogP) is 2.69. The molecule has 0 unspecified atom stereocenters. The van der Waals surface area contributed by atoms with Crippen LogP contribution in [0, 0.1) is 5.82 Å². The van der Waals surface area contributed by atoms with Crippen molar-refractivity contribution in [2.45, 2.75) is 52.2 Å². The molecule has 18 heavy (non-hydrogen) atoms. The zero-order valence-electron chi connectivity index (χ0n) is 11.7. The van der Waals surface area contributed by atoms with Gasteiger partial charge in [0.15, 0.2) is 0 Å². The summed E-state index contributed by atoms with van der Waals surface area (Å²) < 4.78 is 25.3. The fourth-order valence-electron chi connectivity index (χ4n) is 2.08. The standard InChI is InChI=1S/C14H20BFO2/c1-6-10-7-8-11(16)9-12(10)15-17-13(2,3)14(4,5)18-15/h7-9H,6H2,1-5H3. The van der Waals surface area contributed by atoms with Crippen LogP contribution in [0.15, 0.2) is 18.2 Å². The second-order valence-electron chi connectivity index (χ2n) is 5.78. The second-order valence-corrected chi connectivity index (χ2v) is 5.78. The van der Waals surface area contributed by atoms with Crippen molar-refractivity contribution in [1.82, 2.24) is 0 Å². The van der Waals surface area contributed by atoms with E-state index < -0.39 is 18.3 Å². The highest BCUT2D eigenvalue weighted by Gasteiger charge is 2.52. The van der Waals surface area contributed by atoms with E-state index in [0.717, 1.165) is 17.4 Å². The zero-order valence-corrected chi connectivity index (χ0v) is 11.7. The Morgan fingerprint density at radius 1 is 1.11 bits per heavy atom. The number of hydrogen-bond acceptors (Lipinski definition) is 2. The van der Waals surface area contributed by atoms with Gasteiger partial charge in [-0.25, -0.2) is 4.39 Å². The van der Waals surface area contributed by atoms with Crippen LogP contribution in [0.3, 0.4) is 0 Å². The van der Waals surface area contributed by atoms with Gasteiger partial charge in [0, 0.05) is 0 Å². The summed E-state index contributed by atoms with van der Waals surface area (Å²) in [7, 11) is -0.486. The largest absolute Gasteiger partial charge is 0.495 e. The molecule has 1 saturated heterocycles. The summed E-state index contributed by atoms with van der Waals surface area (Å²) in [6, 6.07) is 4.80. The fraction of sp³-hybridized carbons (Fsp3) is 0.571. The number of hydrogen-bond donors (Lipinski definition) is 0. The van der Waals surface area contributed by atoms with Gasteiger partial charge in [-0.1, -0.05) is 13.0 Å². The molecule has 0 aromatic heterocycles. The third-order valence-corrected chi connectivity index (χ3v) is 4.00. The van der Waals surface area contributed by atoms with Crippen molar-refractivity contribution in [2.75, 3.05) is 0 Å². The summed E-state index contributed by atoms with van der Waals surface area (Å²) in [5.41, 5.74) is 1.08. The molecule has 2 nitrogen and oxygen atoms in total. The SMILES string of the molecule is CCc1ccc(F)cc1B1OC(C)(C)C(C)(C)O1. The van der Waals surface area contributed by atoms with Crippen molar-refractivity contribution in [3.8, 4) is 0 Å². The molecule has 1 heterocycles. The monoisotopic (exact) mass is 250 g/mol. The molecule has 0 bridgehead atoms. The van der Waals surface area contributed by atoms with E-state index in [4.69, 9.17) is 9.31 Å². The van der Waals surface area contributed by atoms with Gasteiger partial charge < -0.3 is 9.31 Å². The minimum absolute atomic E-state index is 0.253. The predicted molar refractivity (Wildman–Crippen MR) is 71.5 cm³/mol. The van der Waals surface area contributed by atoms with Crippen LogP contribution in [0.4, 0.5) is 4.39 Å². The lowest BCUT2D eigenvalue weighted by Gasteiger charge is -2.32. The smallest absolute Gasteiger partial charge is 0.399 e. The van der Waals surface area contributed by atoms with Crippen LogP contribution < -0.4 is 5.46 Å². The Morgan fingerprint density at radius 3 is 2.17 bits per heavy atom. The van der Waals surface area contributed by atoms with E-state index in [9.17, 15) is 4.39 Å². The first-order valence-electron chi connectivity index (χ1n) is 6.41. The maximum absolute atomic E-state index is 13.4. The molecule has 98 valence electrons. The molecule has 0 spiro atoms. The molecule has 0 radical (unpaired) electrons. The highest BCUT2D eigenvalue weighted by Crippen LogP contribution is 2.36. The van der Waals surface area contributed by atoms with Crippen LogP contribution in [-0.2, 0) is 15.7 Å². The Kier molecular flexibility index (Phi) is 3.28. The van der Waals surface area contributed by atoms with E-state index in [1.807, 2.05) is 34.6 Å². The normalized spacial score (nSPS) is 21.3. The molecule has 0 amide bonds. The van der Waals surface area contributed by atoms with Gasteiger partial charge in [-0.3, -0.25) is 0 Å². The van der Waals surface area contributed by atoms with E-state index in [-0.39, 0.29) is 5.82 Å². The average Bonchev–Trinajstić information content (AvgIpc) is 2.48. The minimum atomic E-state index is -0.486. The number of rotatable bonds is 2. The van der Waals surface area contributed by atoms with Crippen molar-refractivity contribution in [2.24, 2.45) is 0 Å². The quantitative estimate of drug-likeness (QED) is 0.751. The highest BCUT2D eigenvalue weighted by atomic mass is 19.1. The molecule has 0 aliphatic carbocycles. The van der Waals surface area contributed by atoms with E-state index in [0.29, 0.717) is 0 Å². The van der Waals surface area contributed by atoms with Crippen LogP contribution >= 0.6 is 0 Å². The third-order valence-electron chi connectivity index (χ3n) is 4.00. The molecule has 2 rings (SSSR count). The van der Waals surface area contributed by atoms with Gasteiger partial charge in [0.2, 0.25) is 0 Å². The fourth-order valence-corrected chi connectivity index (χ4v) is 2.08. The molecule has 0 saturated carbocycles. The second kappa shape index (κ2) is 4.35. The average molecular weight is 250 g/mol. The van der Waals surface area contributed by atoms with Gasteiger partial charge in [-0.15, -0.1) is 0 Å².